The number of methoxy groups -OCH3 is 1. The van der Waals surface area contributed by atoms with Crippen LogP contribution in [0, 0.1) is 11.7 Å². The summed E-state index contributed by atoms with van der Waals surface area (Å²) in [6, 6.07) is 8.79. The van der Waals surface area contributed by atoms with Crippen molar-refractivity contribution in [2.24, 2.45) is 5.92 Å². The summed E-state index contributed by atoms with van der Waals surface area (Å²) in [5.41, 5.74) is 1.23. The van der Waals surface area contributed by atoms with E-state index in [1.165, 1.54) is 12.0 Å². The number of hydrogen-bond donors (Lipinski definition) is 3. The fourth-order valence-corrected chi connectivity index (χ4v) is 5.53. The molecule has 36 heavy (non-hydrogen) atoms. The predicted octanol–water partition coefficient (Wildman–Crippen LogP) is 3.94. The lowest BCUT2D eigenvalue weighted by Gasteiger charge is -2.42. The van der Waals surface area contributed by atoms with E-state index in [-0.39, 0.29) is 30.4 Å². The van der Waals surface area contributed by atoms with Crippen LogP contribution in [0.2, 0.25) is 0 Å². The van der Waals surface area contributed by atoms with Crippen LogP contribution in [0.15, 0.2) is 36.4 Å². The number of urea groups is 1. The number of imide groups is 1. The Morgan fingerprint density at radius 2 is 2.06 bits per heavy atom. The van der Waals surface area contributed by atoms with Crippen molar-refractivity contribution < 1.29 is 23.8 Å². The van der Waals surface area contributed by atoms with Crippen molar-refractivity contribution in [3.05, 3.63) is 59.0 Å². The van der Waals surface area contributed by atoms with Gasteiger partial charge in [0.25, 0.3) is 5.91 Å². The van der Waals surface area contributed by atoms with Crippen LogP contribution in [-0.4, -0.2) is 64.1 Å². The molecule has 8 nitrogen and oxygen atoms in total. The molecule has 0 aliphatic carbocycles. The number of phenols is 1. The predicted molar refractivity (Wildman–Crippen MR) is 134 cm³/mol. The van der Waals surface area contributed by atoms with E-state index < -0.39 is 23.4 Å². The maximum Gasteiger partial charge on any atom is 0.328 e. The molecule has 1 fully saturated rings. The summed E-state index contributed by atoms with van der Waals surface area (Å²) in [6.45, 7) is 7.42. The third-order valence-corrected chi connectivity index (χ3v) is 7.20. The number of aromatic hydroxyl groups is 1. The molecule has 3 aromatic rings. The third kappa shape index (κ3) is 3.61. The molecule has 0 bridgehead atoms. The first-order chi connectivity index (χ1) is 17.2. The molecule has 2 aliphatic rings. The van der Waals surface area contributed by atoms with Gasteiger partial charge >= 0.3 is 6.03 Å². The second-order valence-electron chi connectivity index (χ2n) is 10.2. The van der Waals surface area contributed by atoms with Gasteiger partial charge in [-0.2, -0.15) is 0 Å². The molecule has 190 valence electrons. The summed E-state index contributed by atoms with van der Waals surface area (Å²) in [5.74, 6) is -0.229. The Kier molecular flexibility index (Phi) is 5.90. The second-order valence-corrected chi connectivity index (χ2v) is 10.2. The van der Waals surface area contributed by atoms with Crippen LogP contribution in [-0.2, 0) is 11.2 Å². The Labute approximate surface area is 209 Å². The summed E-state index contributed by atoms with van der Waals surface area (Å²) < 4.78 is 20.7. The van der Waals surface area contributed by atoms with Gasteiger partial charge in [-0.15, -0.1) is 0 Å². The van der Waals surface area contributed by atoms with Crippen LogP contribution in [0.1, 0.15) is 43.6 Å². The average Bonchev–Trinajstić information content (AvgIpc) is 3.28. The molecular formula is C27H31FN4O4. The maximum atomic E-state index is 15.5. The number of rotatable bonds is 7. The molecule has 2 aliphatic heterocycles. The first-order valence-corrected chi connectivity index (χ1v) is 12.2. The van der Waals surface area contributed by atoms with Gasteiger partial charge in [-0.05, 0) is 54.8 Å². The zero-order valence-corrected chi connectivity index (χ0v) is 20.9. The number of aromatic nitrogens is 1. The van der Waals surface area contributed by atoms with Gasteiger partial charge in [0.1, 0.15) is 17.3 Å². The number of ether oxygens (including phenoxy) is 1. The standard InChI is InChI=1S/C27H31FN4O4/c1-15(2)14-29-10-11-31-25(34)27(3)13-18-21-19(8-9-20(36-4)22(21)28)30-23(18)24(32(27)26(31)35)16-6-5-7-17(33)12-16/h5-9,12,15,24,29-30,33H,10-11,13-14H2,1-4H3/t24-,27+/m1/s1. The van der Waals surface area contributed by atoms with E-state index in [2.05, 4.69) is 24.1 Å². The molecule has 9 heteroatoms. The fourth-order valence-electron chi connectivity index (χ4n) is 5.53. The van der Waals surface area contributed by atoms with E-state index >= 15 is 4.39 Å². The highest BCUT2D eigenvalue weighted by Crippen LogP contribution is 2.49. The van der Waals surface area contributed by atoms with Crippen LogP contribution in [0.5, 0.6) is 11.5 Å². The van der Waals surface area contributed by atoms with Crippen molar-refractivity contribution in [3.63, 3.8) is 0 Å². The Bertz CT molecular complexity index is 1350. The lowest BCUT2D eigenvalue weighted by molar-refractivity contribution is -0.133. The van der Waals surface area contributed by atoms with Crippen molar-refractivity contribution in [1.82, 2.24) is 20.1 Å². The average molecular weight is 495 g/mol. The number of carbonyl (C=O) groups is 2. The first kappa shape index (κ1) is 24.1. The van der Waals surface area contributed by atoms with Gasteiger partial charge in [0.15, 0.2) is 11.6 Å². The van der Waals surface area contributed by atoms with Crippen LogP contribution in [0.3, 0.4) is 0 Å². The van der Waals surface area contributed by atoms with Crippen LogP contribution >= 0.6 is 0 Å². The largest absolute Gasteiger partial charge is 0.508 e. The number of halogens is 1. The molecule has 2 aromatic carbocycles. The monoisotopic (exact) mass is 494 g/mol. The summed E-state index contributed by atoms with van der Waals surface area (Å²) in [7, 11) is 1.41. The van der Waals surface area contributed by atoms with Gasteiger partial charge in [0.2, 0.25) is 0 Å². The molecule has 1 aromatic heterocycles. The number of nitrogens with zero attached hydrogens (tertiary/aromatic N) is 2. The Hall–Kier alpha value is -3.59. The van der Waals surface area contributed by atoms with Gasteiger partial charge < -0.3 is 20.1 Å². The molecule has 0 saturated carbocycles. The van der Waals surface area contributed by atoms with E-state index in [0.29, 0.717) is 40.2 Å². The van der Waals surface area contributed by atoms with E-state index in [1.54, 1.807) is 48.2 Å². The normalized spacial score (nSPS) is 21.4. The summed E-state index contributed by atoms with van der Waals surface area (Å²) in [6.07, 6.45) is 0.155. The molecule has 0 radical (unpaired) electrons. The Morgan fingerprint density at radius 3 is 2.75 bits per heavy atom. The van der Waals surface area contributed by atoms with Crippen LogP contribution in [0.4, 0.5) is 9.18 Å². The van der Waals surface area contributed by atoms with Gasteiger partial charge in [-0.25, -0.2) is 9.18 Å². The number of phenolic OH excluding ortho intramolecular Hbond substituents is 1. The van der Waals surface area contributed by atoms with Crippen LogP contribution in [0.25, 0.3) is 10.9 Å². The fraction of sp³-hybridized carbons (Fsp3) is 0.407. The number of H-pyrrole nitrogens is 1. The topological polar surface area (TPSA) is 97.9 Å². The second kappa shape index (κ2) is 8.81. The van der Waals surface area contributed by atoms with Gasteiger partial charge in [-0.1, -0.05) is 26.0 Å². The number of hydrogen-bond acceptors (Lipinski definition) is 5. The van der Waals surface area contributed by atoms with E-state index in [9.17, 15) is 14.7 Å². The smallest absolute Gasteiger partial charge is 0.328 e. The number of benzene rings is 2. The molecule has 3 amide bonds. The highest BCUT2D eigenvalue weighted by Gasteiger charge is 2.60. The molecule has 3 N–H and O–H groups in total. The lowest BCUT2D eigenvalue weighted by atomic mass is 9.81. The van der Waals surface area contributed by atoms with E-state index in [0.717, 1.165) is 6.54 Å². The van der Waals surface area contributed by atoms with Gasteiger partial charge in [0.05, 0.1) is 7.11 Å². The number of amides is 3. The minimum Gasteiger partial charge on any atom is -0.508 e. The molecule has 0 unspecified atom stereocenters. The summed E-state index contributed by atoms with van der Waals surface area (Å²) >= 11 is 0. The van der Waals surface area contributed by atoms with Crippen molar-refractivity contribution in [3.8, 4) is 11.5 Å². The minimum absolute atomic E-state index is 0.0398. The first-order valence-electron chi connectivity index (χ1n) is 12.2. The van der Waals surface area contributed by atoms with E-state index in [1.807, 2.05) is 0 Å². The summed E-state index contributed by atoms with van der Waals surface area (Å²) in [4.78, 5) is 33.7. The van der Waals surface area contributed by atoms with Gasteiger partial charge in [-0.3, -0.25) is 14.6 Å². The number of fused-ring (bicyclic) bond motifs is 4. The molecule has 0 spiro atoms. The number of aromatic amines is 1. The molecule has 2 atom stereocenters. The molecular weight excluding hydrogens is 463 g/mol. The molecule has 5 rings (SSSR count). The highest BCUT2D eigenvalue weighted by molar-refractivity contribution is 6.08. The Morgan fingerprint density at radius 1 is 1.28 bits per heavy atom. The van der Waals surface area contributed by atoms with Crippen LogP contribution < -0.4 is 10.1 Å². The van der Waals surface area contributed by atoms with Crippen molar-refractivity contribution in [2.75, 3.05) is 26.7 Å². The molecule has 3 heterocycles. The van der Waals surface area contributed by atoms with Crippen molar-refractivity contribution in [1.29, 1.82) is 0 Å². The third-order valence-electron chi connectivity index (χ3n) is 7.20. The van der Waals surface area contributed by atoms with Crippen molar-refractivity contribution >= 4 is 22.8 Å². The van der Waals surface area contributed by atoms with E-state index in [4.69, 9.17) is 4.74 Å². The quantitative estimate of drug-likeness (QED) is 0.342. The zero-order valence-electron chi connectivity index (χ0n) is 20.9. The molecule has 1 saturated heterocycles. The zero-order chi connectivity index (χ0) is 25.8. The Balaban J connectivity index is 1.65. The summed E-state index contributed by atoms with van der Waals surface area (Å²) in [5, 5.41) is 13.9. The van der Waals surface area contributed by atoms with Crippen molar-refractivity contribution in [2.45, 2.75) is 38.8 Å². The van der Waals surface area contributed by atoms with Gasteiger partial charge in [0, 0.05) is 36.1 Å². The highest BCUT2D eigenvalue weighted by atomic mass is 19.1. The number of nitrogens with one attached hydrogen (secondary N) is 2. The lowest BCUT2D eigenvalue weighted by Crippen LogP contribution is -2.53. The number of carbonyl (C=O) groups excluding carboxylic acids is 2. The minimum atomic E-state index is -1.22. The SMILES string of the molecule is COc1ccc2[nH]c3c(c2c1F)C[C@@]1(C)C(=O)N(CCNCC(C)C)C(=O)N1[C@@H]3c1cccc(O)c1. The maximum absolute atomic E-state index is 15.5.